The van der Waals surface area contributed by atoms with E-state index >= 15 is 0 Å². The number of aliphatic hydroxyl groups excluding tert-OH is 1. The third kappa shape index (κ3) is 4.67. The van der Waals surface area contributed by atoms with Gasteiger partial charge in [0.25, 0.3) is 0 Å². The van der Waals surface area contributed by atoms with Gasteiger partial charge in [-0.25, -0.2) is 0 Å². The molecular formula is C27H40N2O6. The van der Waals surface area contributed by atoms with E-state index in [0.29, 0.717) is 26.1 Å². The first-order valence-electron chi connectivity index (χ1n) is 13.3. The second kappa shape index (κ2) is 10.8. The van der Waals surface area contributed by atoms with Crippen molar-refractivity contribution in [1.82, 2.24) is 9.80 Å². The van der Waals surface area contributed by atoms with Crippen LogP contribution in [0.5, 0.6) is 0 Å². The Morgan fingerprint density at radius 1 is 1.17 bits per heavy atom. The second-order valence-electron chi connectivity index (χ2n) is 10.7. The maximum absolute atomic E-state index is 14.2. The summed E-state index contributed by atoms with van der Waals surface area (Å²) < 4.78 is 12.2. The summed E-state index contributed by atoms with van der Waals surface area (Å²) >= 11 is 0. The Morgan fingerprint density at radius 2 is 1.97 bits per heavy atom. The van der Waals surface area contributed by atoms with Crippen molar-refractivity contribution in [3.8, 4) is 0 Å². The van der Waals surface area contributed by atoms with Crippen LogP contribution in [-0.2, 0) is 23.9 Å². The fourth-order valence-corrected chi connectivity index (χ4v) is 6.17. The van der Waals surface area contributed by atoms with Gasteiger partial charge in [0, 0.05) is 13.1 Å². The Morgan fingerprint density at radius 3 is 2.69 bits per heavy atom. The Labute approximate surface area is 208 Å². The number of hydrogen-bond donors (Lipinski definition) is 1. The number of cyclic esters (lactones) is 1. The first-order chi connectivity index (χ1) is 16.9. The zero-order valence-electron chi connectivity index (χ0n) is 21.2. The molecule has 0 aliphatic carbocycles. The van der Waals surface area contributed by atoms with Gasteiger partial charge in [0.2, 0.25) is 11.8 Å². The monoisotopic (exact) mass is 488 g/mol. The molecule has 0 aromatic carbocycles. The van der Waals surface area contributed by atoms with Gasteiger partial charge in [0.1, 0.15) is 17.6 Å². The average Bonchev–Trinajstić information content (AvgIpc) is 3.22. The molecule has 0 aromatic rings. The number of likely N-dealkylation sites (tertiary alicyclic amines) is 1. The number of carbonyl (C=O) groups excluding carboxylic acids is 3. The van der Waals surface area contributed by atoms with E-state index in [4.69, 9.17) is 9.47 Å². The predicted molar refractivity (Wildman–Crippen MR) is 130 cm³/mol. The van der Waals surface area contributed by atoms with Crippen LogP contribution in [0.4, 0.5) is 0 Å². The van der Waals surface area contributed by atoms with Crippen LogP contribution in [0.25, 0.3) is 0 Å². The number of nitrogens with zero attached hydrogens (tertiary/aromatic N) is 2. The molecule has 4 rings (SSSR count). The molecule has 8 nitrogen and oxygen atoms in total. The van der Waals surface area contributed by atoms with Gasteiger partial charge in [-0.05, 0) is 38.0 Å². The molecule has 2 fully saturated rings. The van der Waals surface area contributed by atoms with Crippen molar-refractivity contribution in [3.05, 3.63) is 24.3 Å². The van der Waals surface area contributed by atoms with Crippen molar-refractivity contribution >= 4 is 17.8 Å². The summed E-state index contributed by atoms with van der Waals surface area (Å²) in [5, 5.41) is 10.3. The second-order valence-corrected chi connectivity index (χ2v) is 10.7. The van der Waals surface area contributed by atoms with Crippen molar-refractivity contribution in [2.45, 2.75) is 83.1 Å². The molecule has 4 aliphatic heterocycles. The summed E-state index contributed by atoms with van der Waals surface area (Å²) in [6.45, 7) is 7.19. The Bertz CT molecular complexity index is 870. The molecule has 1 N–H and O–H groups in total. The normalized spacial score (nSPS) is 34.8. The van der Waals surface area contributed by atoms with Crippen LogP contribution in [0.15, 0.2) is 24.3 Å². The summed E-state index contributed by atoms with van der Waals surface area (Å²) in [7, 11) is 0. The molecule has 8 heteroatoms. The minimum atomic E-state index is -1.27. The highest BCUT2D eigenvalue weighted by atomic mass is 16.6. The number of fused-ring (bicyclic) bond motifs is 2. The molecule has 4 heterocycles. The van der Waals surface area contributed by atoms with Gasteiger partial charge in [-0.15, -0.1) is 0 Å². The van der Waals surface area contributed by atoms with E-state index in [0.717, 1.165) is 32.1 Å². The lowest BCUT2D eigenvalue weighted by atomic mass is 9.78. The summed E-state index contributed by atoms with van der Waals surface area (Å²) in [5.74, 6) is -2.43. The highest BCUT2D eigenvalue weighted by Gasteiger charge is 2.72. The Balaban J connectivity index is 1.81. The van der Waals surface area contributed by atoms with E-state index in [1.807, 2.05) is 38.2 Å². The molecule has 2 amide bonds. The first kappa shape index (κ1) is 25.9. The SMILES string of the molecule is CCCCN1CC=C[C@]23O[C@H]4/C=C\CCCCOC(=O)[C@H]4[C@H]2C(=O)N([C@@H](CO)CC(C)C)C3C1=O. The largest absolute Gasteiger partial charge is 0.465 e. The molecule has 0 radical (unpaired) electrons. The van der Waals surface area contributed by atoms with Crippen LogP contribution in [0.3, 0.4) is 0 Å². The third-order valence-corrected chi connectivity index (χ3v) is 7.75. The molecule has 0 aromatic heterocycles. The fraction of sp³-hybridized carbons (Fsp3) is 0.741. The molecule has 6 atom stereocenters. The van der Waals surface area contributed by atoms with E-state index in [-0.39, 0.29) is 24.3 Å². The van der Waals surface area contributed by atoms with Crippen molar-refractivity contribution in [2.24, 2.45) is 17.8 Å². The maximum Gasteiger partial charge on any atom is 0.312 e. The first-order valence-corrected chi connectivity index (χ1v) is 13.3. The number of amides is 2. The number of aliphatic hydroxyl groups is 1. The summed E-state index contributed by atoms with van der Waals surface area (Å²) in [6.07, 6.45) is 11.8. The number of esters is 1. The quantitative estimate of drug-likeness (QED) is 0.437. The van der Waals surface area contributed by atoms with Gasteiger partial charge in [-0.3, -0.25) is 14.4 Å². The zero-order valence-corrected chi connectivity index (χ0v) is 21.2. The molecule has 0 saturated carbocycles. The average molecular weight is 489 g/mol. The number of allylic oxidation sites excluding steroid dienone is 1. The van der Waals surface area contributed by atoms with Gasteiger partial charge >= 0.3 is 5.97 Å². The van der Waals surface area contributed by atoms with E-state index in [9.17, 15) is 19.5 Å². The van der Waals surface area contributed by atoms with Gasteiger partial charge in [0.15, 0.2) is 0 Å². The van der Waals surface area contributed by atoms with Crippen molar-refractivity contribution < 1.29 is 29.0 Å². The van der Waals surface area contributed by atoms with E-state index in [1.54, 1.807) is 9.80 Å². The van der Waals surface area contributed by atoms with Gasteiger partial charge in [-0.1, -0.05) is 51.5 Å². The molecule has 194 valence electrons. The molecule has 0 bridgehead atoms. The fourth-order valence-electron chi connectivity index (χ4n) is 6.17. The van der Waals surface area contributed by atoms with Gasteiger partial charge in [-0.2, -0.15) is 0 Å². The summed E-state index contributed by atoms with van der Waals surface area (Å²) in [6, 6.07) is -1.46. The molecule has 2 saturated heterocycles. The lowest BCUT2D eigenvalue weighted by Crippen LogP contribution is -2.58. The number of ether oxygens (including phenoxy) is 2. The van der Waals surface area contributed by atoms with Gasteiger partial charge in [0.05, 0.1) is 31.3 Å². The Hall–Kier alpha value is -2.19. The standard InChI is InChI=1S/C27H40N2O6/c1-4-5-13-28-14-10-12-27-22(21-20(35-27)11-8-6-7-9-15-34-26(21)33)24(31)29(23(27)25(28)32)19(17-30)16-18(2)3/h8,10-12,18-23,30H,4-7,9,13-17H2,1-3H3/b11-8-/t19-,20+,21-,22+,23?,27+/m1/s1. The minimum Gasteiger partial charge on any atom is -0.465 e. The smallest absolute Gasteiger partial charge is 0.312 e. The van der Waals surface area contributed by atoms with Crippen molar-refractivity contribution in [3.63, 3.8) is 0 Å². The predicted octanol–water partition coefficient (Wildman–Crippen LogP) is 2.46. The third-order valence-electron chi connectivity index (χ3n) is 7.75. The highest BCUT2D eigenvalue weighted by molar-refractivity contribution is 5.99. The van der Waals surface area contributed by atoms with Crippen LogP contribution in [0.1, 0.15) is 59.3 Å². The van der Waals surface area contributed by atoms with E-state index in [1.165, 1.54) is 0 Å². The number of carbonyl (C=O) groups is 3. The number of unbranched alkanes of at least 4 members (excludes halogenated alkanes) is 1. The van der Waals surface area contributed by atoms with Crippen molar-refractivity contribution in [2.75, 3.05) is 26.3 Å². The van der Waals surface area contributed by atoms with Crippen LogP contribution in [0, 0.1) is 17.8 Å². The molecule has 1 unspecified atom stereocenters. The van der Waals surface area contributed by atoms with E-state index in [2.05, 4.69) is 6.92 Å². The zero-order chi connectivity index (χ0) is 25.2. The maximum atomic E-state index is 14.2. The lowest BCUT2D eigenvalue weighted by molar-refractivity contribution is -0.156. The van der Waals surface area contributed by atoms with Crippen LogP contribution < -0.4 is 0 Å². The Kier molecular flexibility index (Phi) is 8.01. The van der Waals surface area contributed by atoms with Gasteiger partial charge < -0.3 is 24.4 Å². The van der Waals surface area contributed by atoms with E-state index < -0.39 is 41.6 Å². The highest BCUT2D eigenvalue weighted by Crippen LogP contribution is 2.53. The molecular weight excluding hydrogens is 448 g/mol. The van der Waals surface area contributed by atoms with Crippen LogP contribution in [-0.4, -0.2) is 82.8 Å². The summed E-state index contributed by atoms with van der Waals surface area (Å²) in [4.78, 5) is 44.8. The number of rotatable bonds is 7. The minimum absolute atomic E-state index is 0.178. The molecule has 1 spiro atoms. The lowest BCUT2D eigenvalue weighted by Gasteiger charge is -2.39. The van der Waals surface area contributed by atoms with Crippen molar-refractivity contribution in [1.29, 1.82) is 0 Å². The molecule has 35 heavy (non-hydrogen) atoms. The van der Waals surface area contributed by atoms with Crippen LogP contribution in [0.2, 0.25) is 0 Å². The number of hydrogen-bond acceptors (Lipinski definition) is 6. The van der Waals surface area contributed by atoms with Crippen LogP contribution >= 0.6 is 0 Å². The topological polar surface area (TPSA) is 96.4 Å². The molecule has 4 aliphatic rings. The summed E-state index contributed by atoms with van der Waals surface area (Å²) in [5.41, 5.74) is -1.27.